The molecule has 0 saturated carbocycles. The monoisotopic (exact) mass is 275 g/mol. The lowest BCUT2D eigenvalue weighted by Gasteiger charge is -2.26. The van der Waals surface area contributed by atoms with Gasteiger partial charge in [-0.15, -0.1) is 0 Å². The van der Waals surface area contributed by atoms with E-state index in [1.54, 1.807) is 0 Å². The summed E-state index contributed by atoms with van der Waals surface area (Å²) in [5, 5.41) is 3.68. The number of fused-ring (bicyclic) bond motifs is 1. The molecule has 0 aliphatic carbocycles. The molecular weight excluding hydrogens is 250 g/mol. The number of ether oxygens (including phenoxy) is 2. The first-order chi connectivity index (χ1) is 9.86. The molecule has 1 aromatic carbocycles. The Balaban J connectivity index is 1.60. The summed E-state index contributed by atoms with van der Waals surface area (Å²) in [6, 6.07) is 7.06. The summed E-state index contributed by atoms with van der Waals surface area (Å²) in [6.45, 7) is 4.97. The fraction of sp³-hybridized carbons (Fsp3) is 0.647. The second-order valence-electron chi connectivity index (χ2n) is 5.82. The van der Waals surface area contributed by atoms with Gasteiger partial charge >= 0.3 is 0 Å². The van der Waals surface area contributed by atoms with Gasteiger partial charge < -0.3 is 14.8 Å². The van der Waals surface area contributed by atoms with Crippen molar-refractivity contribution in [3.63, 3.8) is 0 Å². The lowest BCUT2D eigenvalue weighted by Crippen LogP contribution is -2.34. The van der Waals surface area contributed by atoms with Crippen LogP contribution < -0.4 is 10.1 Å². The largest absolute Gasteiger partial charge is 0.493 e. The van der Waals surface area contributed by atoms with Gasteiger partial charge in [0.25, 0.3) is 0 Å². The van der Waals surface area contributed by atoms with Crippen LogP contribution in [-0.2, 0) is 11.2 Å². The summed E-state index contributed by atoms with van der Waals surface area (Å²) in [5.74, 6) is 1.07. The highest BCUT2D eigenvalue weighted by atomic mass is 16.5. The Bertz CT molecular complexity index is 441. The summed E-state index contributed by atoms with van der Waals surface area (Å²) >= 11 is 0. The van der Waals surface area contributed by atoms with Crippen LogP contribution in [0.1, 0.15) is 49.8 Å². The normalized spacial score (nSPS) is 23.1. The maximum Gasteiger partial charge on any atom is 0.122 e. The molecule has 3 heteroatoms. The van der Waals surface area contributed by atoms with Crippen LogP contribution in [0.3, 0.4) is 0 Å². The average Bonchev–Trinajstić information content (AvgIpc) is 2.96. The van der Waals surface area contributed by atoms with Crippen molar-refractivity contribution >= 4 is 0 Å². The number of hydrogen-bond acceptors (Lipinski definition) is 3. The van der Waals surface area contributed by atoms with Gasteiger partial charge in [0.1, 0.15) is 5.75 Å². The van der Waals surface area contributed by atoms with Crippen LogP contribution in [0, 0.1) is 0 Å². The van der Waals surface area contributed by atoms with E-state index in [9.17, 15) is 0 Å². The lowest BCUT2D eigenvalue weighted by molar-refractivity contribution is 0.0152. The molecule has 2 heterocycles. The second kappa shape index (κ2) is 6.59. The zero-order chi connectivity index (χ0) is 13.8. The first-order valence-electron chi connectivity index (χ1n) is 7.97. The van der Waals surface area contributed by atoms with Crippen molar-refractivity contribution in [2.75, 3.05) is 19.8 Å². The van der Waals surface area contributed by atoms with E-state index in [2.05, 4.69) is 30.4 Å². The van der Waals surface area contributed by atoms with Crippen LogP contribution in [-0.4, -0.2) is 25.9 Å². The van der Waals surface area contributed by atoms with Gasteiger partial charge in [0.15, 0.2) is 0 Å². The highest BCUT2D eigenvalue weighted by Crippen LogP contribution is 2.29. The first-order valence-corrected chi connectivity index (χ1v) is 7.97. The topological polar surface area (TPSA) is 30.5 Å². The fourth-order valence-corrected chi connectivity index (χ4v) is 3.16. The van der Waals surface area contributed by atoms with E-state index >= 15 is 0 Å². The third kappa shape index (κ3) is 3.15. The molecular formula is C17H25NO2. The summed E-state index contributed by atoms with van der Waals surface area (Å²) in [6.07, 6.45) is 6.27. The van der Waals surface area contributed by atoms with Crippen LogP contribution >= 0.6 is 0 Å². The Kier molecular flexibility index (Phi) is 4.58. The van der Waals surface area contributed by atoms with Crippen molar-refractivity contribution in [3.8, 4) is 5.75 Å². The summed E-state index contributed by atoms with van der Waals surface area (Å²) in [4.78, 5) is 0. The zero-order valence-electron chi connectivity index (χ0n) is 12.4. The smallest absolute Gasteiger partial charge is 0.122 e. The molecule has 2 aliphatic rings. The predicted octanol–water partition coefficient (Wildman–Crippen LogP) is 3.23. The summed E-state index contributed by atoms with van der Waals surface area (Å²) < 4.78 is 11.4. The molecule has 20 heavy (non-hydrogen) atoms. The molecule has 3 nitrogen and oxygen atoms in total. The predicted molar refractivity (Wildman–Crippen MR) is 80.3 cm³/mol. The van der Waals surface area contributed by atoms with Crippen LogP contribution in [0.4, 0.5) is 0 Å². The lowest BCUT2D eigenvalue weighted by atomic mass is 10.00. The Morgan fingerprint density at radius 2 is 2.25 bits per heavy atom. The molecule has 2 aliphatic heterocycles. The van der Waals surface area contributed by atoms with Crippen LogP contribution in [0.5, 0.6) is 5.75 Å². The first kappa shape index (κ1) is 13.9. The second-order valence-corrected chi connectivity index (χ2v) is 5.82. The van der Waals surface area contributed by atoms with Crippen molar-refractivity contribution in [1.29, 1.82) is 0 Å². The summed E-state index contributed by atoms with van der Waals surface area (Å²) in [7, 11) is 0. The van der Waals surface area contributed by atoms with Crippen molar-refractivity contribution in [2.24, 2.45) is 0 Å². The van der Waals surface area contributed by atoms with Crippen molar-refractivity contribution in [1.82, 2.24) is 5.32 Å². The minimum absolute atomic E-state index is 0.399. The van der Waals surface area contributed by atoms with Gasteiger partial charge in [0.2, 0.25) is 0 Å². The van der Waals surface area contributed by atoms with Gasteiger partial charge in [-0.05, 0) is 42.9 Å². The number of nitrogens with one attached hydrogen (secondary N) is 1. The van der Waals surface area contributed by atoms with Gasteiger partial charge in [-0.2, -0.15) is 0 Å². The highest BCUT2D eigenvalue weighted by Gasteiger charge is 2.18. The standard InChI is InChI=1S/C17H25NO2/c1-2-16(18-12-15-5-3-4-9-19-15)13-6-7-17-14(11-13)8-10-20-17/h6-7,11,15-16,18H,2-5,8-10,12H2,1H3. The summed E-state index contributed by atoms with van der Waals surface area (Å²) in [5.41, 5.74) is 2.74. The molecule has 1 fully saturated rings. The van der Waals surface area contributed by atoms with Crippen LogP contribution in [0.15, 0.2) is 18.2 Å². The minimum Gasteiger partial charge on any atom is -0.493 e. The van der Waals surface area contributed by atoms with Gasteiger partial charge in [0, 0.05) is 25.6 Å². The van der Waals surface area contributed by atoms with Crippen LogP contribution in [0.25, 0.3) is 0 Å². The molecule has 2 unspecified atom stereocenters. The van der Waals surface area contributed by atoms with Crippen molar-refractivity contribution in [3.05, 3.63) is 29.3 Å². The maximum absolute atomic E-state index is 5.80. The van der Waals surface area contributed by atoms with E-state index in [-0.39, 0.29) is 0 Å². The Morgan fingerprint density at radius 1 is 1.30 bits per heavy atom. The van der Waals surface area contributed by atoms with Gasteiger partial charge in [0.05, 0.1) is 12.7 Å². The van der Waals surface area contributed by atoms with E-state index in [0.29, 0.717) is 12.1 Å². The minimum atomic E-state index is 0.399. The van der Waals surface area contributed by atoms with Crippen LogP contribution in [0.2, 0.25) is 0 Å². The van der Waals surface area contributed by atoms with E-state index < -0.39 is 0 Å². The maximum atomic E-state index is 5.80. The van der Waals surface area contributed by atoms with E-state index in [4.69, 9.17) is 9.47 Å². The molecule has 110 valence electrons. The third-order valence-electron chi connectivity index (χ3n) is 4.39. The number of hydrogen-bond donors (Lipinski definition) is 1. The van der Waals surface area contributed by atoms with Gasteiger partial charge in [-0.3, -0.25) is 0 Å². The van der Waals surface area contributed by atoms with E-state index in [1.807, 2.05) is 0 Å². The van der Waals surface area contributed by atoms with Crippen molar-refractivity contribution < 1.29 is 9.47 Å². The molecule has 0 bridgehead atoms. The number of rotatable bonds is 5. The zero-order valence-corrected chi connectivity index (χ0v) is 12.4. The molecule has 2 atom stereocenters. The third-order valence-corrected chi connectivity index (χ3v) is 4.39. The average molecular weight is 275 g/mol. The van der Waals surface area contributed by atoms with Gasteiger partial charge in [-0.25, -0.2) is 0 Å². The van der Waals surface area contributed by atoms with Gasteiger partial charge in [-0.1, -0.05) is 19.1 Å². The van der Waals surface area contributed by atoms with E-state index in [1.165, 1.54) is 30.4 Å². The van der Waals surface area contributed by atoms with Crippen molar-refractivity contribution in [2.45, 2.75) is 51.2 Å². The molecule has 1 aromatic rings. The molecule has 0 amide bonds. The Hall–Kier alpha value is -1.06. The molecule has 0 spiro atoms. The molecule has 3 rings (SSSR count). The molecule has 0 aromatic heterocycles. The molecule has 0 radical (unpaired) electrons. The SMILES string of the molecule is CCC(NCC1CCCCO1)c1ccc2c(c1)CCO2. The number of benzene rings is 1. The van der Waals surface area contributed by atoms with E-state index in [0.717, 1.165) is 38.3 Å². The molecule has 1 N–H and O–H groups in total. The molecule has 1 saturated heterocycles. The fourth-order valence-electron chi connectivity index (χ4n) is 3.16. The highest BCUT2D eigenvalue weighted by molar-refractivity contribution is 5.40. The Morgan fingerprint density at radius 3 is 3.05 bits per heavy atom. The Labute approximate surface area is 121 Å². The quantitative estimate of drug-likeness (QED) is 0.895.